The molecule has 1 aliphatic rings. The molecule has 0 aliphatic carbocycles. The molecule has 1 amide bonds. The van der Waals surface area contributed by atoms with E-state index in [2.05, 4.69) is 15.5 Å². The molecule has 0 bridgehead atoms. The number of nitrogens with zero attached hydrogens (tertiary/aromatic N) is 5. The van der Waals surface area contributed by atoms with Gasteiger partial charge in [-0.2, -0.15) is 0 Å². The highest BCUT2D eigenvalue weighted by atomic mass is 16.5. The van der Waals surface area contributed by atoms with Crippen LogP contribution in [0.15, 0.2) is 30.6 Å². The van der Waals surface area contributed by atoms with E-state index in [0.29, 0.717) is 38.4 Å². The molecule has 1 atom stereocenters. The average Bonchev–Trinajstić information content (AvgIpc) is 2.97. The number of tetrazole rings is 1. The van der Waals surface area contributed by atoms with Crippen LogP contribution in [-0.2, 0) is 11.3 Å². The third kappa shape index (κ3) is 3.91. The van der Waals surface area contributed by atoms with E-state index in [-0.39, 0.29) is 18.4 Å². The second-order valence-electron chi connectivity index (χ2n) is 5.58. The molecule has 1 aromatic heterocycles. The van der Waals surface area contributed by atoms with Crippen LogP contribution in [-0.4, -0.2) is 69.0 Å². The van der Waals surface area contributed by atoms with Crippen molar-refractivity contribution in [1.82, 2.24) is 25.1 Å². The van der Waals surface area contributed by atoms with Gasteiger partial charge in [0.15, 0.2) is 0 Å². The number of aromatic nitrogens is 4. The molecule has 1 aromatic carbocycles. The van der Waals surface area contributed by atoms with Crippen LogP contribution < -0.4 is 0 Å². The number of amides is 1. The first-order chi connectivity index (χ1) is 11.3. The Bertz CT molecular complexity index is 629. The second-order valence-corrected chi connectivity index (χ2v) is 5.58. The van der Waals surface area contributed by atoms with Crippen LogP contribution in [0, 0.1) is 5.92 Å². The molecule has 1 aliphatic heterocycles. The SMILES string of the molecule is O=C(c1ccc(Cn2cnnn2)cc1)N1CCOCC(CO)C1. The third-order valence-corrected chi connectivity index (χ3v) is 3.82. The van der Waals surface area contributed by atoms with Gasteiger partial charge in [0, 0.05) is 31.2 Å². The molecule has 1 N–H and O–H groups in total. The zero-order valence-electron chi connectivity index (χ0n) is 12.7. The Labute approximate surface area is 133 Å². The van der Waals surface area contributed by atoms with Gasteiger partial charge in [-0.15, -0.1) is 5.10 Å². The first-order valence-corrected chi connectivity index (χ1v) is 7.54. The van der Waals surface area contributed by atoms with Crippen LogP contribution >= 0.6 is 0 Å². The number of carbonyl (C=O) groups excluding carboxylic acids is 1. The second kappa shape index (κ2) is 7.30. The van der Waals surface area contributed by atoms with Crippen molar-refractivity contribution in [3.8, 4) is 0 Å². The zero-order chi connectivity index (χ0) is 16.1. The number of carbonyl (C=O) groups is 1. The molecule has 8 nitrogen and oxygen atoms in total. The number of rotatable bonds is 4. The Balaban J connectivity index is 1.67. The molecule has 1 saturated heterocycles. The lowest BCUT2D eigenvalue weighted by atomic mass is 10.1. The Morgan fingerprint density at radius 1 is 1.35 bits per heavy atom. The van der Waals surface area contributed by atoms with E-state index in [1.807, 2.05) is 24.3 Å². The summed E-state index contributed by atoms with van der Waals surface area (Å²) in [5, 5.41) is 20.3. The van der Waals surface area contributed by atoms with Crippen LogP contribution in [0.5, 0.6) is 0 Å². The van der Waals surface area contributed by atoms with Crippen molar-refractivity contribution >= 4 is 5.91 Å². The minimum absolute atomic E-state index is 0.0225. The van der Waals surface area contributed by atoms with Crippen LogP contribution in [0.1, 0.15) is 15.9 Å². The predicted molar refractivity (Wildman–Crippen MR) is 80.7 cm³/mol. The van der Waals surface area contributed by atoms with Gasteiger partial charge in [0.2, 0.25) is 0 Å². The standard InChI is InChI=1S/C15H19N5O3/c21-9-13-7-19(5-6-23-10-13)15(22)14-3-1-12(2-4-14)8-20-11-16-17-18-20/h1-4,11,13,21H,5-10H2. The Morgan fingerprint density at radius 2 is 2.17 bits per heavy atom. The van der Waals surface area contributed by atoms with E-state index in [9.17, 15) is 9.90 Å². The van der Waals surface area contributed by atoms with Gasteiger partial charge in [0.05, 0.1) is 19.8 Å². The van der Waals surface area contributed by atoms with E-state index in [1.165, 1.54) is 0 Å². The van der Waals surface area contributed by atoms with Crippen molar-refractivity contribution in [2.75, 3.05) is 32.9 Å². The number of aliphatic hydroxyl groups excluding tert-OH is 1. The first kappa shape index (κ1) is 15.6. The summed E-state index contributed by atoms with van der Waals surface area (Å²) in [6.45, 7) is 2.63. The molecular weight excluding hydrogens is 298 g/mol. The number of aliphatic hydroxyl groups is 1. The molecule has 8 heteroatoms. The van der Waals surface area contributed by atoms with Crippen molar-refractivity contribution < 1.29 is 14.6 Å². The molecule has 122 valence electrons. The lowest BCUT2D eigenvalue weighted by Crippen LogP contribution is -2.36. The van der Waals surface area contributed by atoms with Crippen molar-refractivity contribution in [2.24, 2.45) is 5.92 Å². The van der Waals surface area contributed by atoms with E-state index >= 15 is 0 Å². The Hall–Kier alpha value is -2.32. The normalized spacial score (nSPS) is 18.7. The van der Waals surface area contributed by atoms with Crippen molar-refractivity contribution in [3.63, 3.8) is 0 Å². The topological polar surface area (TPSA) is 93.4 Å². The fourth-order valence-electron chi connectivity index (χ4n) is 2.55. The van der Waals surface area contributed by atoms with Gasteiger partial charge < -0.3 is 14.7 Å². The van der Waals surface area contributed by atoms with Gasteiger partial charge in [-0.25, -0.2) is 4.68 Å². The van der Waals surface area contributed by atoms with Gasteiger partial charge in [-0.05, 0) is 28.1 Å². The lowest BCUT2D eigenvalue weighted by molar-refractivity contribution is 0.0728. The summed E-state index contributed by atoms with van der Waals surface area (Å²) in [5.74, 6) is -0.0662. The minimum Gasteiger partial charge on any atom is -0.396 e. The van der Waals surface area contributed by atoms with Gasteiger partial charge in [-0.1, -0.05) is 12.1 Å². The van der Waals surface area contributed by atoms with E-state index < -0.39 is 0 Å². The van der Waals surface area contributed by atoms with Crippen LogP contribution in [0.3, 0.4) is 0 Å². The quantitative estimate of drug-likeness (QED) is 0.839. The highest BCUT2D eigenvalue weighted by molar-refractivity contribution is 5.94. The molecule has 3 rings (SSSR count). The smallest absolute Gasteiger partial charge is 0.253 e. The van der Waals surface area contributed by atoms with Gasteiger partial charge in [-0.3, -0.25) is 4.79 Å². The van der Waals surface area contributed by atoms with E-state index in [0.717, 1.165) is 5.56 Å². The summed E-state index contributed by atoms with van der Waals surface area (Å²) in [4.78, 5) is 14.3. The fourth-order valence-corrected chi connectivity index (χ4v) is 2.55. The molecule has 0 spiro atoms. The van der Waals surface area contributed by atoms with Crippen molar-refractivity contribution in [3.05, 3.63) is 41.7 Å². The third-order valence-electron chi connectivity index (χ3n) is 3.82. The molecule has 1 unspecified atom stereocenters. The summed E-state index contributed by atoms with van der Waals surface area (Å²) in [6, 6.07) is 7.41. The number of hydrogen-bond donors (Lipinski definition) is 1. The number of ether oxygens (including phenoxy) is 1. The van der Waals surface area contributed by atoms with Gasteiger partial charge in [0.25, 0.3) is 5.91 Å². The summed E-state index contributed by atoms with van der Waals surface area (Å²) in [5.41, 5.74) is 1.64. The zero-order valence-corrected chi connectivity index (χ0v) is 12.7. The molecule has 2 heterocycles. The molecule has 2 aromatic rings. The summed E-state index contributed by atoms with van der Waals surface area (Å²) in [7, 11) is 0. The molecule has 23 heavy (non-hydrogen) atoms. The molecule has 1 fully saturated rings. The summed E-state index contributed by atoms with van der Waals surface area (Å²) in [6.07, 6.45) is 1.55. The van der Waals surface area contributed by atoms with Crippen molar-refractivity contribution in [1.29, 1.82) is 0 Å². The Morgan fingerprint density at radius 3 is 2.87 bits per heavy atom. The van der Waals surface area contributed by atoms with Gasteiger partial charge >= 0.3 is 0 Å². The average molecular weight is 317 g/mol. The maximum absolute atomic E-state index is 12.6. The molecular formula is C15H19N5O3. The van der Waals surface area contributed by atoms with Gasteiger partial charge in [0.1, 0.15) is 6.33 Å². The number of benzene rings is 1. The maximum Gasteiger partial charge on any atom is 0.253 e. The van der Waals surface area contributed by atoms with Crippen LogP contribution in [0.25, 0.3) is 0 Å². The monoisotopic (exact) mass is 317 g/mol. The highest BCUT2D eigenvalue weighted by Gasteiger charge is 2.22. The number of hydrogen-bond acceptors (Lipinski definition) is 6. The largest absolute Gasteiger partial charge is 0.396 e. The first-order valence-electron chi connectivity index (χ1n) is 7.54. The van der Waals surface area contributed by atoms with Crippen LogP contribution in [0.2, 0.25) is 0 Å². The van der Waals surface area contributed by atoms with Crippen molar-refractivity contribution in [2.45, 2.75) is 6.54 Å². The maximum atomic E-state index is 12.6. The van der Waals surface area contributed by atoms with E-state index in [4.69, 9.17) is 4.74 Å². The minimum atomic E-state index is -0.0390. The molecule has 0 radical (unpaired) electrons. The fraction of sp³-hybridized carbons (Fsp3) is 0.467. The molecule has 0 saturated carbocycles. The predicted octanol–water partition coefficient (Wildman–Crippen LogP) is -0.198. The van der Waals surface area contributed by atoms with E-state index in [1.54, 1.807) is 15.9 Å². The van der Waals surface area contributed by atoms with Crippen LogP contribution in [0.4, 0.5) is 0 Å². The lowest BCUT2D eigenvalue weighted by Gasteiger charge is -2.22. The summed E-state index contributed by atoms with van der Waals surface area (Å²) >= 11 is 0. The highest BCUT2D eigenvalue weighted by Crippen LogP contribution is 2.13. The Kier molecular flexibility index (Phi) is 4.94. The summed E-state index contributed by atoms with van der Waals surface area (Å²) < 4.78 is 7.04.